The number of rotatable bonds is 4. The number of halogens is 1. The zero-order chi connectivity index (χ0) is 21.5. The largest absolute Gasteiger partial charge is 0.494 e. The normalized spacial score (nSPS) is 15.8. The number of aryl methyl sites for hydroxylation is 1. The van der Waals surface area contributed by atoms with Crippen molar-refractivity contribution in [1.82, 2.24) is 15.3 Å². The van der Waals surface area contributed by atoms with Crippen LogP contribution < -0.4 is 10.1 Å². The lowest BCUT2D eigenvalue weighted by molar-refractivity contribution is -0.119. The van der Waals surface area contributed by atoms with Gasteiger partial charge < -0.3 is 15.0 Å². The Labute approximate surface area is 179 Å². The van der Waals surface area contributed by atoms with E-state index in [2.05, 4.69) is 22.4 Å². The molecular formula is C25H24FN3O2. The lowest BCUT2D eigenvalue weighted by Gasteiger charge is -2.26. The molecule has 0 fully saturated rings. The number of H-pyrrole nitrogens is 1. The second-order valence-electron chi connectivity index (χ2n) is 8.19. The van der Waals surface area contributed by atoms with Crippen molar-refractivity contribution in [2.45, 2.75) is 38.6 Å². The maximum atomic E-state index is 14.3. The monoisotopic (exact) mass is 417 g/mol. The van der Waals surface area contributed by atoms with Crippen LogP contribution in [0, 0.1) is 5.82 Å². The molecule has 0 bridgehead atoms. The molecule has 2 aromatic carbocycles. The number of methoxy groups -OCH3 is 1. The van der Waals surface area contributed by atoms with Crippen molar-refractivity contribution in [3.05, 3.63) is 70.8 Å². The van der Waals surface area contributed by atoms with Gasteiger partial charge in [-0.05, 0) is 42.2 Å². The molecule has 158 valence electrons. The second kappa shape index (κ2) is 7.69. The number of hydrogen-bond donors (Lipinski definition) is 2. The van der Waals surface area contributed by atoms with E-state index in [9.17, 15) is 9.18 Å². The van der Waals surface area contributed by atoms with Crippen LogP contribution in [-0.4, -0.2) is 29.0 Å². The van der Waals surface area contributed by atoms with Crippen LogP contribution >= 0.6 is 0 Å². The quantitative estimate of drug-likeness (QED) is 0.516. The van der Waals surface area contributed by atoms with Crippen LogP contribution in [0.25, 0.3) is 21.8 Å². The maximum absolute atomic E-state index is 14.3. The van der Waals surface area contributed by atoms with Crippen LogP contribution in [0.1, 0.15) is 35.9 Å². The summed E-state index contributed by atoms with van der Waals surface area (Å²) >= 11 is 0. The zero-order valence-corrected chi connectivity index (χ0v) is 17.6. The van der Waals surface area contributed by atoms with E-state index in [1.165, 1.54) is 29.5 Å². The predicted molar refractivity (Wildman–Crippen MR) is 119 cm³/mol. The van der Waals surface area contributed by atoms with E-state index in [0.29, 0.717) is 12.8 Å². The second-order valence-corrected chi connectivity index (χ2v) is 8.19. The Morgan fingerprint density at radius 3 is 2.90 bits per heavy atom. The maximum Gasteiger partial charge on any atom is 0.217 e. The van der Waals surface area contributed by atoms with Crippen molar-refractivity contribution < 1.29 is 13.9 Å². The first kappa shape index (κ1) is 19.5. The van der Waals surface area contributed by atoms with E-state index in [0.717, 1.165) is 40.8 Å². The number of aromatic amines is 1. The summed E-state index contributed by atoms with van der Waals surface area (Å²) < 4.78 is 19.3. The molecule has 5 nitrogen and oxygen atoms in total. The predicted octanol–water partition coefficient (Wildman–Crippen LogP) is 4.45. The summed E-state index contributed by atoms with van der Waals surface area (Å²) in [4.78, 5) is 20.2. The molecule has 4 aromatic rings. The molecule has 31 heavy (non-hydrogen) atoms. The van der Waals surface area contributed by atoms with Crippen molar-refractivity contribution in [3.63, 3.8) is 0 Å². The van der Waals surface area contributed by atoms with E-state index in [1.54, 1.807) is 13.0 Å². The first-order chi connectivity index (χ1) is 15.0. The minimum absolute atomic E-state index is 0.0180. The molecule has 0 saturated heterocycles. The fourth-order valence-electron chi connectivity index (χ4n) is 4.75. The molecule has 1 amide bonds. The number of hydrogen-bond acceptors (Lipinski definition) is 3. The summed E-state index contributed by atoms with van der Waals surface area (Å²) in [5.41, 5.74) is 6.07. The number of aromatic nitrogens is 2. The third-order valence-corrected chi connectivity index (χ3v) is 6.09. The summed E-state index contributed by atoms with van der Waals surface area (Å²) in [5, 5.41) is 5.42. The Hall–Kier alpha value is -3.41. The van der Waals surface area contributed by atoms with Crippen LogP contribution in [0.3, 0.4) is 0 Å². The van der Waals surface area contributed by atoms with E-state index in [4.69, 9.17) is 9.72 Å². The molecular weight excluding hydrogens is 393 g/mol. The number of nitrogens with zero attached hydrogens (tertiary/aromatic N) is 1. The van der Waals surface area contributed by atoms with Crippen molar-refractivity contribution >= 4 is 27.7 Å². The van der Waals surface area contributed by atoms with E-state index >= 15 is 0 Å². The van der Waals surface area contributed by atoms with Crippen LogP contribution in [0.2, 0.25) is 0 Å². The highest BCUT2D eigenvalue weighted by Gasteiger charge is 2.25. The number of fused-ring (bicyclic) bond motifs is 5. The summed E-state index contributed by atoms with van der Waals surface area (Å²) in [6, 6.07) is 13.4. The molecule has 2 N–H and O–H groups in total. The lowest BCUT2D eigenvalue weighted by Crippen LogP contribution is -2.38. The minimum atomic E-state index is -0.378. The summed E-state index contributed by atoms with van der Waals surface area (Å²) in [6.07, 6.45) is 2.96. The van der Waals surface area contributed by atoms with Gasteiger partial charge in [0.2, 0.25) is 5.91 Å². The van der Waals surface area contributed by atoms with Crippen molar-refractivity contribution in [2.75, 3.05) is 7.11 Å². The number of ether oxygens (including phenoxy) is 1. The van der Waals surface area contributed by atoms with Gasteiger partial charge in [-0.15, -0.1) is 0 Å². The van der Waals surface area contributed by atoms with Gasteiger partial charge in [0.25, 0.3) is 0 Å². The smallest absolute Gasteiger partial charge is 0.217 e. The molecule has 0 spiro atoms. The van der Waals surface area contributed by atoms with Gasteiger partial charge in [-0.3, -0.25) is 9.78 Å². The van der Waals surface area contributed by atoms with Crippen molar-refractivity contribution in [2.24, 2.45) is 0 Å². The topological polar surface area (TPSA) is 67.0 Å². The summed E-state index contributed by atoms with van der Waals surface area (Å²) in [7, 11) is 1.46. The number of carbonyl (C=O) groups is 1. The highest BCUT2D eigenvalue weighted by atomic mass is 19.1. The van der Waals surface area contributed by atoms with Crippen LogP contribution in [0.4, 0.5) is 4.39 Å². The highest BCUT2D eigenvalue weighted by molar-refractivity contribution is 6.10. The number of para-hydroxylation sites is 1. The van der Waals surface area contributed by atoms with Crippen molar-refractivity contribution in [1.29, 1.82) is 0 Å². The number of amides is 1. The Morgan fingerprint density at radius 1 is 1.29 bits per heavy atom. The Balaban J connectivity index is 1.65. The fourth-order valence-corrected chi connectivity index (χ4v) is 4.75. The van der Waals surface area contributed by atoms with E-state index in [-0.39, 0.29) is 23.5 Å². The number of carbonyl (C=O) groups excluding carboxylic acids is 1. The molecule has 0 saturated carbocycles. The fraction of sp³-hybridized carbons (Fsp3) is 0.280. The third-order valence-electron chi connectivity index (χ3n) is 6.09. The molecule has 1 aliphatic rings. The summed E-state index contributed by atoms with van der Waals surface area (Å²) in [6.45, 7) is 1.55. The molecule has 2 aromatic heterocycles. The van der Waals surface area contributed by atoms with Gasteiger partial charge in [0.15, 0.2) is 11.6 Å². The SMILES string of the molecule is COc1ccc(Cc2nc3c(c4c2[nH]c2ccccc24)CCC(NC(C)=O)C3)cc1F. The van der Waals surface area contributed by atoms with Gasteiger partial charge in [-0.1, -0.05) is 24.3 Å². The summed E-state index contributed by atoms with van der Waals surface area (Å²) in [5.74, 6) is -0.164. The number of pyridine rings is 1. The van der Waals surface area contributed by atoms with Crippen LogP contribution in [0.15, 0.2) is 42.5 Å². The lowest BCUT2D eigenvalue weighted by atomic mass is 9.88. The molecule has 1 atom stereocenters. The van der Waals surface area contributed by atoms with Gasteiger partial charge in [0, 0.05) is 47.8 Å². The number of nitrogens with one attached hydrogen (secondary N) is 2. The van der Waals surface area contributed by atoms with Gasteiger partial charge >= 0.3 is 0 Å². The zero-order valence-electron chi connectivity index (χ0n) is 17.6. The number of benzene rings is 2. The molecule has 0 radical (unpaired) electrons. The average Bonchev–Trinajstić information content (AvgIpc) is 3.14. The van der Waals surface area contributed by atoms with Crippen molar-refractivity contribution in [3.8, 4) is 5.75 Å². The first-order valence-electron chi connectivity index (χ1n) is 10.5. The van der Waals surface area contributed by atoms with E-state index < -0.39 is 0 Å². The Morgan fingerprint density at radius 2 is 2.13 bits per heavy atom. The standard InChI is InChI=1S/C25H24FN3O2/c1-14(30)27-16-8-9-18-21(13-16)28-22(12-15-7-10-23(31-2)19(26)11-15)25-24(18)17-5-3-4-6-20(17)29-25/h3-7,10-11,16,29H,8-9,12-13H2,1-2H3,(H,27,30). The van der Waals surface area contributed by atoms with Gasteiger partial charge in [0.05, 0.1) is 18.3 Å². The Bertz CT molecular complexity index is 1310. The van der Waals surface area contributed by atoms with Gasteiger partial charge in [0.1, 0.15) is 0 Å². The molecule has 0 aliphatic heterocycles. The third kappa shape index (κ3) is 3.52. The molecule has 2 heterocycles. The van der Waals surface area contributed by atoms with Crippen LogP contribution in [0.5, 0.6) is 5.75 Å². The molecule has 1 unspecified atom stereocenters. The Kier molecular flexibility index (Phi) is 4.85. The molecule has 6 heteroatoms. The highest BCUT2D eigenvalue weighted by Crippen LogP contribution is 2.36. The minimum Gasteiger partial charge on any atom is -0.494 e. The first-order valence-corrected chi connectivity index (χ1v) is 10.5. The molecule has 1 aliphatic carbocycles. The van der Waals surface area contributed by atoms with E-state index in [1.807, 2.05) is 18.2 Å². The van der Waals surface area contributed by atoms with Gasteiger partial charge in [-0.25, -0.2) is 4.39 Å². The molecule has 5 rings (SSSR count). The average molecular weight is 417 g/mol. The van der Waals surface area contributed by atoms with Crippen LogP contribution in [-0.2, 0) is 24.1 Å². The van der Waals surface area contributed by atoms with Gasteiger partial charge in [-0.2, -0.15) is 0 Å².